The van der Waals surface area contributed by atoms with Crippen LogP contribution < -0.4 is 25.6 Å². The zero-order valence-electron chi connectivity index (χ0n) is 18.7. The Labute approximate surface area is 200 Å². The minimum absolute atomic E-state index is 0.0764. The first-order valence-electron chi connectivity index (χ1n) is 10.1. The summed E-state index contributed by atoms with van der Waals surface area (Å²) in [4.78, 5) is 12.7. The molecule has 7 nitrogen and oxygen atoms in total. The smallest absolute Gasteiger partial charge is 0.261 e. The number of thiocarbonyl (C=S) groups is 1. The van der Waals surface area contributed by atoms with Crippen LogP contribution in [-0.4, -0.2) is 34.4 Å². The van der Waals surface area contributed by atoms with Gasteiger partial charge in [-0.05, 0) is 79.7 Å². The van der Waals surface area contributed by atoms with Crippen LogP contribution in [0.4, 0.5) is 11.4 Å². The number of benzene rings is 3. The van der Waals surface area contributed by atoms with Crippen molar-refractivity contribution >= 4 is 57.9 Å². The van der Waals surface area contributed by atoms with Gasteiger partial charge in [0.15, 0.2) is 5.11 Å². The van der Waals surface area contributed by atoms with Crippen molar-refractivity contribution in [1.82, 2.24) is 5.32 Å². The van der Waals surface area contributed by atoms with Crippen molar-refractivity contribution < 1.29 is 17.9 Å². The van der Waals surface area contributed by atoms with Gasteiger partial charge in [0.1, 0.15) is 13.6 Å². The zero-order valence-corrected chi connectivity index (χ0v) is 20.4. The quantitative estimate of drug-likeness (QED) is 0.370. The van der Waals surface area contributed by atoms with Crippen molar-refractivity contribution in [2.24, 2.45) is 0 Å². The highest BCUT2D eigenvalue weighted by Gasteiger charge is 2.16. The van der Waals surface area contributed by atoms with Crippen LogP contribution in [-0.2, 0) is 10.0 Å². The molecule has 170 valence electrons. The van der Waals surface area contributed by atoms with E-state index in [1.54, 1.807) is 36.4 Å². The van der Waals surface area contributed by atoms with E-state index in [1.807, 2.05) is 33.8 Å². The van der Waals surface area contributed by atoms with Crippen molar-refractivity contribution in [2.75, 3.05) is 17.1 Å². The van der Waals surface area contributed by atoms with Crippen LogP contribution in [0.3, 0.4) is 0 Å². The number of sulfonamides is 1. The van der Waals surface area contributed by atoms with Crippen LogP contribution in [0.5, 0.6) is 5.75 Å². The van der Waals surface area contributed by atoms with Crippen LogP contribution in [0.2, 0.25) is 0 Å². The number of amides is 1. The molecule has 3 aromatic rings. The molecule has 0 heterocycles. The van der Waals surface area contributed by atoms with Crippen molar-refractivity contribution in [2.45, 2.75) is 18.7 Å². The molecule has 0 radical (unpaired) electrons. The number of ether oxygens (including phenoxy) is 1. The normalized spacial score (nSPS) is 10.9. The number of rotatable bonds is 6. The second-order valence-electron chi connectivity index (χ2n) is 7.62. The molecule has 1 amide bonds. The van der Waals surface area contributed by atoms with E-state index in [2.05, 4.69) is 15.4 Å². The lowest BCUT2D eigenvalue weighted by atomic mass is 9.94. The van der Waals surface area contributed by atoms with E-state index in [4.69, 9.17) is 17.0 Å². The van der Waals surface area contributed by atoms with E-state index in [0.29, 0.717) is 22.7 Å². The summed E-state index contributed by atoms with van der Waals surface area (Å²) in [6.45, 7) is 3.81. The molecular formula is C23H24BN3O4S2. The summed E-state index contributed by atoms with van der Waals surface area (Å²) in [6, 6.07) is 16.8. The van der Waals surface area contributed by atoms with E-state index in [0.717, 1.165) is 16.6 Å². The van der Waals surface area contributed by atoms with Gasteiger partial charge in [0.25, 0.3) is 15.9 Å². The molecule has 3 rings (SSSR count). The maximum Gasteiger partial charge on any atom is 0.261 e. The summed E-state index contributed by atoms with van der Waals surface area (Å²) >= 11 is 5.23. The maximum absolute atomic E-state index is 12.7. The average molecular weight is 481 g/mol. The Balaban J connectivity index is 1.67. The summed E-state index contributed by atoms with van der Waals surface area (Å²) in [5.41, 5.74) is 4.23. The van der Waals surface area contributed by atoms with Crippen molar-refractivity contribution in [1.29, 1.82) is 0 Å². The number of nitrogens with one attached hydrogen (secondary N) is 3. The standard InChI is InChI=1S/C23H24BN3O4S2/c1-14-10-15(2)12-18(11-14)27-33(29,30)19-7-5-17(6-8-19)25-23(32)26-22(28)20-13-16(24)4-9-21(20)31-3/h4-13,27H,24H2,1-3H3,(H2,25,26,28,32). The van der Waals surface area contributed by atoms with Crippen LogP contribution in [0.15, 0.2) is 65.6 Å². The number of anilines is 2. The third-order valence-electron chi connectivity index (χ3n) is 4.72. The summed E-state index contributed by atoms with van der Waals surface area (Å²) in [5, 5.41) is 5.56. The molecule has 0 aliphatic carbocycles. The number of carbonyl (C=O) groups excluding carboxylic acids is 1. The highest BCUT2D eigenvalue weighted by atomic mass is 32.2. The largest absolute Gasteiger partial charge is 0.496 e. The lowest BCUT2D eigenvalue weighted by molar-refractivity contribution is 0.0975. The fourth-order valence-electron chi connectivity index (χ4n) is 3.30. The molecule has 0 atom stereocenters. The van der Waals surface area contributed by atoms with Crippen LogP contribution in [0.25, 0.3) is 0 Å². The molecule has 33 heavy (non-hydrogen) atoms. The first-order chi connectivity index (χ1) is 15.6. The molecule has 10 heteroatoms. The Bertz CT molecular complexity index is 1290. The van der Waals surface area contributed by atoms with Crippen LogP contribution in [0, 0.1) is 13.8 Å². The van der Waals surface area contributed by atoms with Gasteiger partial charge in [0.2, 0.25) is 0 Å². The first-order valence-corrected chi connectivity index (χ1v) is 11.9. The summed E-state index contributed by atoms with van der Waals surface area (Å²) in [7, 11) is -0.392. The predicted octanol–water partition coefficient (Wildman–Crippen LogP) is 2.50. The molecule has 0 saturated heterocycles. The summed E-state index contributed by atoms with van der Waals surface area (Å²) < 4.78 is 33.3. The molecular weight excluding hydrogens is 457 g/mol. The van der Waals surface area contributed by atoms with Gasteiger partial charge in [0, 0.05) is 11.4 Å². The number of carbonyl (C=O) groups is 1. The van der Waals surface area contributed by atoms with Gasteiger partial charge in [-0.15, -0.1) is 0 Å². The maximum atomic E-state index is 12.7. The fourth-order valence-corrected chi connectivity index (χ4v) is 4.55. The Morgan fingerprint density at radius 2 is 1.58 bits per heavy atom. The molecule has 3 N–H and O–H groups in total. The van der Waals surface area contributed by atoms with E-state index >= 15 is 0 Å². The Morgan fingerprint density at radius 3 is 2.18 bits per heavy atom. The van der Waals surface area contributed by atoms with Gasteiger partial charge in [-0.2, -0.15) is 0 Å². The average Bonchev–Trinajstić information content (AvgIpc) is 2.73. The Hall–Kier alpha value is -3.37. The molecule has 3 aromatic carbocycles. The van der Waals surface area contributed by atoms with Crippen LogP contribution in [0.1, 0.15) is 21.5 Å². The number of aryl methyl sites for hydroxylation is 2. The van der Waals surface area contributed by atoms with Gasteiger partial charge in [-0.3, -0.25) is 14.8 Å². The first kappa shape index (κ1) is 24.3. The van der Waals surface area contributed by atoms with E-state index in [9.17, 15) is 13.2 Å². The minimum Gasteiger partial charge on any atom is -0.496 e. The molecule has 0 spiro atoms. The second-order valence-corrected chi connectivity index (χ2v) is 9.71. The van der Waals surface area contributed by atoms with E-state index in [1.165, 1.54) is 19.2 Å². The number of hydrogen-bond donors (Lipinski definition) is 3. The minimum atomic E-state index is -3.75. The SMILES string of the molecule is Bc1ccc(OC)c(C(=O)NC(=S)Nc2ccc(S(=O)(=O)Nc3cc(C)cc(C)c3)cc2)c1. The molecule has 0 bridgehead atoms. The van der Waals surface area contributed by atoms with Crippen LogP contribution >= 0.6 is 12.2 Å². The molecule has 0 unspecified atom stereocenters. The zero-order chi connectivity index (χ0) is 24.2. The molecule has 0 aliphatic heterocycles. The molecule has 0 aromatic heterocycles. The third-order valence-corrected chi connectivity index (χ3v) is 6.32. The van der Waals surface area contributed by atoms with Crippen molar-refractivity contribution in [3.8, 4) is 5.75 Å². The number of methoxy groups -OCH3 is 1. The van der Waals surface area contributed by atoms with Gasteiger partial charge in [0.05, 0.1) is 17.6 Å². The van der Waals surface area contributed by atoms with Crippen molar-refractivity contribution in [3.05, 3.63) is 77.4 Å². The molecule has 0 fully saturated rings. The Kier molecular flexibility index (Phi) is 7.40. The van der Waals surface area contributed by atoms with Crippen molar-refractivity contribution in [3.63, 3.8) is 0 Å². The Morgan fingerprint density at radius 1 is 0.939 bits per heavy atom. The van der Waals surface area contributed by atoms with E-state index < -0.39 is 15.9 Å². The van der Waals surface area contributed by atoms with Gasteiger partial charge < -0.3 is 10.1 Å². The fraction of sp³-hybridized carbons (Fsp3) is 0.130. The highest BCUT2D eigenvalue weighted by molar-refractivity contribution is 7.92. The van der Waals surface area contributed by atoms with Gasteiger partial charge in [-0.1, -0.05) is 23.7 Å². The van der Waals surface area contributed by atoms with Gasteiger partial charge in [-0.25, -0.2) is 8.42 Å². The number of hydrogen-bond acceptors (Lipinski definition) is 5. The molecule has 0 saturated carbocycles. The predicted molar refractivity (Wildman–Crippen MR) is 138 cm³/mol. The highest BCUT2D eigenvalue weighted by Crippen LogP contribution is 2.21. The third kappa shape index (κ3) is 6.33. The summed E-state index contributed by atoms with van der Waals surface area (Å²) in [6.07, 6.45) is 0. The molecule has 0 aliphatic rings. The van der Waals surface area contributed by atoms with E-state index in [-0.39, 0.29) is 10.0 Å². The lowest BCUT2D eigenvalue weighted by Gasteiger charge is -2.13. The lowest BCUT2D eigenvalue weighted by Crippen LogP contribution is -2.34. The second kappa shape index (κ2) is 10.1. The van der Waals surface area contributed by atoms with Gasteiger partial charge >= 0.3 is 0 Å². The monoisotopic (exact) mass is 481 g/mol. The topological polar surface area (TPSA) is 96.5 Å². The summed E-state index contributed by atoms with van der Waals surface area (Å²) in [5.74, 6) is 0.0247.